The van der Waals surface area contributed by atoms with Gasteiger partial charge in [0.15, 0.2) is 0 Å². The van der Waals surface area contributed by atoms with Gasteiger partial charge in [-0.1, -0.05) is 149 Å². The quantitative estimate of drug-likeness (QED) is 0.0357. The van der Waals surface area contributed by atoms with Gasteiger partial charge >= 0.3 is 0 Å². The standard InChI is InChI=1S/C21H26N2O2.C21H26N2O.C20H24N2O2.C20H22N2O2.C20H24N2O/c1-15(24)22-19-10-11-20-17(13-19)5-4-12-23(20)14-16-6-8-18(9-7-16)21(2,3)25;1-15(2)18-8-6-17(7-9-18)14-23-12-4-5-19-13-20(22-16(3)24)10-11-21(19)23;2*1-14(23)21-18-8-9-19-16(12-18)10-11-22(19)13-15-4-6-17(7-5-15)20(2,3)24;1-14(2)17-6-4-16(5-7-17)13-22-11-10-18-12-19(21-15(3)23)8-9-20(18)22/h6-11,13,25H,4-5,12,14H2,1-3H3,(H,22,24);6-11,13,15H,4-5,12,14H2,1-3H3,(H,22,24);4-9,12,24H,10-11,13H2,1-3H3,(H,21,23);4-12,24H,13H2,1-3H3,(H,21,23);4-9,12,14H,10-11,13H2,1-3H3,(H,21,23). The second kappa shape index (κ2) is 39.8. The van der Waals surface area contributed by atoms with E-state index in [4.69, 9.17) is 0 Å². The van der Waals surface area contributed by atoms with E-state index < -0.39 is 16.8 Å². The lowest BCUT2D eigenvalue weighted by atomic mass is 9.96. The lowest BCUT2D eigenvalue weighted by Gasteiger charge is -2.32. The number of hydrogen-bond donors (Lipinski definition) is 8. The number of aromatic nitrogens is 1. The molecule has 18 nitrogen and oxygen atoms in total. The highest BCUT2D eigenvalue weighted by Gasteiger charge is 2.26. The van der Waals surface area contributed by atoms with E-state index in [-0.39, 0.29) is 29.5 Å². The molecule has 1 aromatic heterocycles. The minimum atomic E-state index is -0.821. The number of fused-ring (bicyclic) bond motifs is 5. The van der Waals surface area contributed by atoms with E-state index in [2.05, 4.69) is 200 Å². The van der Waals surface area contributed by atoms with Crippen molar-refractivity contribution in [3.05, 3.63) is 302 Å². The molecule has 0 bridgehead atoms. The summed E-state index contributed by atoms with van der Waals surface area (Å²) in [5.41, 5.74) is 25.1. The van der Waals surface area contributed by atoms with Crippen molar-refractivity contribution in [1.29, 1.82) is 0 Å². The summed E-state index contributed by atoms with van der Waals surface area (Å²) in [6.45, 7) is 35.8. The molecule has 4 aliphatic heterocycles. The van der Waals surface area contributed by atoms with Gasteiger partial charge in [0.05, 0.1) is 16.8 Å². The van der Waals surface area contributed by atoms with Gasteiger partial charge < -0.3 is 66.1 Å². The number of anilines is 9. The van der Waals surface area contributed by atoms with E-state index in [0.717, 1.165) is 153 Å². The zero-order valence-corrected chi connectivity index (χ0v) is 72.7. The van der Waals surface area contributed by atoms with Gasteiger partial charge in [-0.15, -0.1) is 0 Å². The van der Waals surface area contributed by atoms with E-state index >= 15 is 0 Å². The Hall–Kier alpha value is -11.8. The van der Waals surface area contributed by atoms with Gasteiger partial charge in [-0.2, -0.15) is 0 Å². The monoisotopic (exact) mass is 1610 g/mol. The number of rotatable bonds is 20. The molecule has 628 valence electrons. The van der Waals surface area contributed by atoms with Crippen LogP contribution in [0.25, 0.3) is 10.9 Å². The van der Waals surface area contributed by atoms with Crippen molar-refractivity contribution < 1.29 is 39.3 Å². The van der Waals surface area contributed by atoms with Crippen molar-refractivity contribution in [3.63, 3.8) is 0 Å². The third-order valence-corrected chi connectivity index (χ3v) is 22.2. The van der Waals surface area contributed by atoms with Crippen molar-refractivity contribution >= 4 is 91.6 Å². The van der Waals surface area contributed by atoms with Crippen LogP contribution >= 0.6 is 0 Å². The molecule has 0 radical (unpaired) electrons. The van der Waals surface area contributed by atoms with E-state index in [1.807, 2.05) is 103 Å². The Labute approximate surface area is 710 Å². The highest BCUT2D eigenvalue weighted by Crippen LogP contribution is 2.37. The molecule has 0 atom stereocenters. The van der Waals surface area contributed by atoms with E-state index in [1.165, 1.54) is 105 Å². The zero-order chi connectivity index (χ0) is 86.2. The summed E-state index contributed by atoms with van der Waals surface area (Å²) >= 11 is 0. The van der Waals surface area contributed by atoms with Crippen LogP contribution in [-0.4, -0.2) is 75.6 Å². The molecule has 18 heteroatoms. The van der Waals surface area contributed by atoms with Crippen molar-refractivity contribution in [2.75, 3.05) is 72.4 Å². The molecular weight excluding hydrogens is 1490 g/mol. The summed E-state index contributed by atoms with van der Waals surface area (Å²) in [4.78, 5) is 65.6. The summed E-state index contributed by atoms with van der Waals surface area (Å²) in [6, 6.07) is 74.9. The predicted octanol–water partition coefficient (Wildman–Crippen LogP) is 20.2. The maximum Gasteiger partial charge on any atom is 0.221 e. The lowest BCUT2D eigenvalue weighted by Crippen LogP contribution is -2.29. The highest BCUT2D eigenvalue weighted by molar-refractivity contribution is 5.94. The second-order valence-corrected chi connectivity index (χ2v) is 34.5. The number of nitrogens with zero attached hydrogens (tertiary/aromatic N) is 5. The Kier molecular flexibility index (Phi) is 29.5. The Morgan fingerprint density at radius 3 is 0.858 bits per heavy atom. The van der Waals surface area contributed by atoms with Crippen LogP contribution in [0, 0.1) is 0 Å². The number of amides is 5. The molecule has 0 spiro atoms. The van der Waals surface area contributed by atoms with Gasteiger partial charge in [0.25, 0.3) is 0 Å². The zero-order valence-electron chi connectivity index (χ0n) is 72.7. The van der Waals surface area contributed by atoms with Gasteiger partial charge in [-0.25, -0.2) is 0 Å². The molecule has 0 saturated heterocycles. The summed E-state index contributed by atoms with van der Waals surface area (Å²) in [5, 5.41) is 45.5. The van der Waals surface area contributed by atoms with E-state index in [9.17, 15) is 39.3 Å². The predicted molar refractivity (Wildman–Crippen MR) is 493 cm³/mol. The third kappa shape index (κ3) is 25.1. The Morgan fingerprint density at radius 1 is 0.317 bits per heavy atom. The fourth-order valence-corrected chi connectivity index (χ4v) is 15.8. The average Bonchev–Trinajstić information content (AvgIpc) is 1.79. The first-order chi connectivity index (χ1) is 57.0. The molecule has 5 heterocycles. The second-order valence-electron chi connectivity index (χ2n) is 34.5. The van der Waals surface area contributed by atoms with Crippen LogP contribution in [0.1, 0.15) is 206 Å². The van der Waals surface area contributed by atoms with Crippen LogP contribution in [-0.2, 0) is 99.2 Å². The summed E-state index contributed by atoms with van der Waals surface area (Å²) in [7, 11) is 0. The first-order valence-corrected chi connectivity index (χ1v) is 42.2. The molecule has 11 aromatic rings. The summed E-state index contributed by atoms with van der Waals surface area (Å²) in [6.07, 6.45) is 8.45. The van der Waals surface area contributed by atoms with Gasteiger partial charge in [-0.3, -0.25) is 24.0 Å². The fourth-order valence-electron chi connectivity index (χ4n) is 15.8. The molecule has 0 unspecified atom stereocenters. The normalized spacial score (nSPS) is 13.3. The first-order valence-electron chi connectivity index (χ1n) is 42.2. The van der Waals surface area contributed by atoms with Crippen LogP contribution in [0.15, 0.2) is 225 Å². The largest absolute Gasteiger partial charge is 0.386 e. The number of hydrogen-bond acceptors (Lipinski definition) is 12. The molecule has 4 aliphatic rings. The highest BCUT2D eigenvalue weighted by atomic mass is 16.3. The van der Waals surface area contributed by atoms with Crippen molar-refractivity contribution in [2.45, 2.75) is 204 Å². The number of carbonyl (C=O) groups excluding carboxylic acids is 5. The molecular formula is C102H122N10O8. The van der Waals surface area contributed by atoms with Gasteiger partial charge in [0, 0.05) is 162 Å². The average molecular weight is 1620 g/mol. The Bertz CT molecular complexity index is 5340. The van der Waals surface area contributed by atoms with Gasteiger partial charge in [0.1, 0.15) is 0 Å². The minimum absolute atomic E-state index is 0.0205. The SMILES string of the molecule is CC(=O)Nc1ccc2c(c1)CCCN2Cc1ccc(C(C)(C)O)cc1.CC(=O)Nc1ccc2c(c1)CCCN2Cc1ccc(C(C)C)cc1.CC(=O)Nc1ccc2c(c1)CCN2Cc1ccc(C(C)(C)O)cc1.CC(=O)Nc1ccc2c(c1)CCN2Cc1ccc(C(C)C)cc1.CC(=O)Nc1ccc2c(ccn2Cc2ccc(C(C)(C)O)cc2)c1. The Balaban J connectivity index is 0.000000147. The van der Waals surface area contributed by atoms with E-state index in [0.29, 0.717) is 11.8 Å². The van der Waals surface area contributed by atoms with Crippen LogP contribution in [0.2, 0.25) is 0 Å². The van der Waals surface area contributed by atoms with Gasteiger partial charge in [-0.05, 0) is 267 Å². The molecule has 0 aliphatic carbocycles. The third-order valence-electron chi connectivity index (χ3n) is 22.2. The number of aliphatic hydroxyl groups is 3. The minimum Gasteiger partial charge on any atom is -0.386 e. The number of aryl methyl sites for hydroxylation is 2. The van der Waals surface area contributed by atoms with Gasteiger partial charge in [0.2, 0.25) is 29.5 Å². The number of benzene rings is 10. The van der Waals surface area contributed by atoms with Crippen molar-refractivity contribution in [3.8, 4) is 0 Å². The molecule has 15 rings (SSSR count). The molecule has 5 amide bonds. The maximum absolute atomic E-state index is 11.2. The van der Waals surface area contributed by atoms with Crippen molar-refractivity contribution in [2.24, 2.45) is 0 Å². The van der Waals surface area contributed by atoms with Crippen LogP contribution in [0.4, 0.5) is 51.2 Å². The molecule has 0 fully saturated rings. The topological polar surface area (TPSA) is 224 Å². The van der Waals surface area contributed by atoms with Crippen LogP contribution in [0.5, 0.6) is 0 Å². The summed E-state index contributed by atoms with van der Waals surface area (Å²) in [5.74, 6) is 0.945. The molecule has 8 N–H and O–H groups in total. The maximum atomic E-state index is 11.2. The van der Waals surface area contributed by atoms with E-state index in [1.54, 1.807) is 55.4 Å². The molecule has 0 saturated carbocycles. The number of nitrogens with one attached hydrogen (secondary N) is 5. The van der Waals surface area contributed by atoms with Crippen LogP contribution < -0.4 is 46.2 Å². The molecule has 120 heavy (non-hydrogen) atoms. The lowest BCUT2D eigenvalue weighted by molar-refractivity contribution is -0.115. The fraction of sp³-hybridized carbons (Fsp3) is 0.343. The smallest absolute Gasteiger partial charge is 0.221 e. The summed E-state index contributed by atoms with van der Waals surface area (Å²) < 4.78 is 2.17. The Morgan fingerprint density at radius 2 is 0.575 bits per heavy atom. The van der Waals surface area contributed by atoms with Crippen molar-refractivity contribution in [1.82, 2.24) is 4.57 Å². The first kappa shape index (κ1) is 89.0. The number of carbonyl (C=O) groups is 5. The molecule has 10 aromatic carbocycles. The van der Waals surface area contributed by atoms with Crippen LogP contribution in [0.3, 0.4) is 0 Å².